The molecule has 27 heteroatoms. The van der Waals surface area contributed by atoms with Crippen molar-refractivity contribution in [3.63, 3.8) is 0 Å². The van der Waals surface area contributed by atoms with Crippen LogP contribution in [0.3, 0.4) is 0 Å². The van der Waals surface area contributed by atoms with Crippen LogP contribution in [0.5, 0.6) is 0 Å². The SMILES string of the molecule is NC(=O)C(N)CCCCNC(=O)CCC(NC(=O)CCC(NC(=O)COCCOCCNC(=O)COCCOCCNC(=O)CCC(NC(=O)CCCCCCCCCCCCCCCCC(=O)O)C(=O)O)C(=O)O)C(=O)O. The first kappa shape index (κ1) is 72.0. The monoisotopic (exact) mass is 1120 g/mol. The van der Waals surface area contributed by atoms with Gasteiger partial charge in [0.1, 0.15) is 31.3 Å². The normalized spacial score (nSPS) is 12.5. The van der Waals surface area contributed by atoms with Gasteiger partial charge in [0, 0.05) is 51.7 Å². The Bertz CT molecular complexity index is 1780. The number of unbranched alkanes of at least 4 members (excludes halogenated alkanes) is 14. The maximum Gasteiger partial charge on any atom is 0.326 e. The summed E-state index contributed by atoms with van der Waals surface area (Å²) in [6.07, 6.45) is 15.2. The molecule has 4 atom stereocenters. The van der Waals surface area contributed by atoms with Crippen molar-refractivity contribution in [2.24, 2.45) is 11.5 Å². The van der Waals surface area contributed by atoms with Crippen LogP contribution in [0.4, 0.5) is 0 Å². The second kappa shape index (κ2) is 48.1. The van der Waals surface area contributed by atoms with Gasteiger partial charge in [0.25, 0.3) is 0 Å². The molecule has 0 fully saturated rings. The van der Waals surface area contributed by atoms with E-state index in [4.69, 9.17) is 35.5 Å². The Morgan fingerprint density at radius 2 is 0.692 bits per heavy atom. The molecule has 0 spiro atoms. The highest BCUT2D eigenvalue weighted by atomic mass is 16.5. The number of nitrogens with one attached hydrogen (secondary N) is 6. The number of hydrogen-bond acceptors (Lipinski definition) is 16. The Morgan fingerprint density at radius 1 is 0.346 bits per heavy atom. The highest BCUT2D eigenvalue weighted by Crippen LogP contribution is 2.14. The minimum absolute atomic E-state index is 0.0356. The molecule has 0 heterocycles. The number of carbonyl (C=O) groups excluding carboxylic acids is 7. The molecular weight excluding hydrogens is 1030 g/mol. The molecule has 27 nitrogen and oxygen atoms in total. The Labute approximate surface area is 456 Å². The largest absolute Gasteiger partial charge is 0.481 e. The molecule has 0 saturated carbocycles. The molecule has 7 amide bonds. The molecule has 0 aliphatic rings. The van der Waals surface area contributed by atoms with Crippen LogP contribution in [0.1, 0.15) is 161 Å². The van der Waals surface area contributed by atoms with Crippen molar-refractivity contribution in [2.45, 2.75) is 185 Å². The van der Waals surface area contributed by atoms with Crippen LogP contribution in [0.2, 0.25) is 0 Å². The summed E-state index contributed by atoms with van der Waals surface area (Å²) in [4.78, 5) is 130. The van der Waals surface area contributed by atoms with E-state index in [0.29, 0.717) is 25.7 Å². The average molecular weight is 1120 g/mol. The lowest BCUT2D eigenvalue weighted by Crippen LogP contribution is -2.45. The maximum atomic E-state index is 12.4. The third kappa shape index (κ3) is 45.0. The van der Waals surface area contributed by atoms with E-state index in [1.54, 1.807) is 0 Å². The fourth-order valence-corrected chi connectivity index (χ4v) is 7.43. The number of primary amides is 1. The zero-order valence-electron chi connectivity index (χ0n) is 45.3. The van der Waals surface area contributed by atoms with Crippen LogP contribution in [-0.2, 0) is 71.7 Å². The van der Waals surface area contributed by atoms with Gasteiger partial charge >= 0.3 is 23.9 Å². The van der Waals surface area contributed by atoms with E-state index in [0.717, 1.165) is 51.4 Å². The van der Waals surface area contributed by atoms with E-state index >= 15 is 0 Å². The maximum absolute atomic E-state index is 12.4. The van der Waals surface area contributed by atoms with Gasteiger partial charge in [0.2, 0.25) is 41.4 Å². The first-order chi connectivity index (χ1) is 37.3. The molecule has 0 aliphatic heterocycles. The van der Waals surface area contributed by atoms with Crippen molar-refractivity contribution in [3.05, 3.63) is 0 Å². The Balaban J connectivity index is 3.95. The molecular formula is C51H90N8O19. The first-order valence-electron chi connectivity index (χ1n) is 27.3. The number of ether oxygens (including phenoxy) is 4. The fraction of sp³-hybridized carbons (Fsp3) is 0.784. The van der Waals surface area contributed by atoms with Crippen LogP contribution in [0.15, 0.2) is 0 Å². The lowest BCUT2D eigenvalue weighted by Gasteiger charge is -2.17. The van der Waals surface area contributed by atoms with Crippen molar-refractivity contribution < 1.29 is 92.1 Å². The van der Waals surface area contributed by atoms with Crippen molar-refractivity contribution in [1.82, 2.24) is 31.9 Å². The van der Waals surface area contributed by atoms with Crippen molar-refractivity contribution >= 4 is 65.2 Å². The summed E-state index contributed by atoms with van der Waals surface area (Å²) in [6.45, 7) is 0.223. The minimum atomic E-state index is -1.49. The zero-order valence-corrected chi connectivity index (χ0v) is 45.3. The van der Waals surface area contributed by atoms with Gasteiger partial charge < -0.3 is 82.7 Å². The lowest BCUT2D eigenvalue weighted by molar-refractivity contribution is -0.144. The number of carboxylic acids is 4. The highest BCUT2D eigenvalue weighted by molar-refractivity contribution is 5.87. The van der Waals surface area contributed by atoms with E-state index in [1.165, 1.54) is 32.1 Å². The van der Waals surface area contributed by atoms with E-state index in [9.17, 15) is 68.1 Å². The quantitative estimate of drug-likeness (QED) is 0.0374. The van der Waals surface area contributed by atoms with Gasteiger partial charge in [-0.15, -0.1) is 0 Å². The van der Waals surface area contributed by atoms with E-state index in [-0.39, 0.29) is 117 Å². The number of nitrogens with two attached hydrogens (primary N) is 2. The molecule has 448 valence electrons. The smallest absolute Gasteiger partial charge is 0.326 e. The average Bonchev–Trinajstić information content (AvgIpc) is 3.38. The lowest BCUT2D eigenvalue weighted by atomic mass is 10.0. The highest BCUT2D eigenvalue weighted by Gasteiger charge is 2.25. The van der Waals surface area contributed by atoms with Gasteiger partial charge in [-0.25, -0.2) is 14.4 Å². The predicted octanol–water partition coefficient (Wildman–Crippen LogP) is 0.759. The topological polar surface area (TPSA) is 430 Å². The molecule has 0 bridgehead atoms. The minimum Gasteiger partial charge on any atom is -0.481 e. The number of rotatable bonds is 54. The molecule has 78 heavy (non-hydrogen) atoms. The van der Waals surface area contributed by atoms with E-state index in [1.807, 2.05) is 0 Å². The molecule has 14 N–H and O–H groups in total. The second-order valence-corrected chi connectivity index (χ2v) is 18.7. The first-order valence-corrected chi connectivity index (χ1v) is 27.3. The summed E-state index contributed by atoms with van der Waals surface area (Å²) in [5.41, 5.74) is 10.6. The number of aliphatic carboxylic acids is 4. The van der Waals surface area contributed by atoms with Crippen LogP contribution in [-0.4, -0.2) is 182 Å². The molecule has 0 radical (unpaired) electrons. The Kier molecular flexibility index (Phi) is 44.4. The summed E-state index contributed by atoms with van der Waals surface area (Å²) in [6, 6.07) is -4.88. The Morgan fingerprint density at radius 3 is 1.12 bits per heavy atom. The molecule has 0 saturated heterocycles. The molecule has 0 aromatic carbocycles. The predicted molar refractivity (Wildman–Crippen MR) is 281 cm³/mol. The molecule has 0 rings (SSSR count). The summed E-state index contributed by atoms with van der Waals surface area (Å²) in [5.74, 6) is -8.64. The molecule has 0 aromatic rings. The van der Waals surface area contributed by atoms with Crippen LogP contribution >= 0.6 is 0 Å². The van der Waals surface area contributed by atoms with Gasteiger partial charge in [-0.3, -0.25) is 38.4 Å². The van der Waals surface area contributed by atoms with E-state index in [2.05, 4.69) is 31.9 Å². The van der Waals surface area contributed by atoms with Gasteiger partial charge in [-0.1, -0.05) is 77.0 Å². The van der Waals surface area contributed by atoms with Crippen molar-refractivity contribution in [3.8, 4) is 0 Å². The van der Waals surface area contributed by atoms with Crippen molar-refractivity contribution in [2.75, 3.05) is 72.5 Å². The third-order valence-corrected chi connectivity index (χ3v) is 11.9. The molecule has 0 aliphatic carbocycles. The number of amides is 7. The van der Waals surface area contributed by atoms with Gasteiger partial charge in [0.15, 0.2) is 0 Å². The van der Waals surface area contributed by atoms with Gasteiger partial charge in [-0.2, -0.15) is 0 Å². The zero-order chi connectivity index (χ0) is 58.2. The standard InChI is InChI=1S/C51H90N8O19/c52-37(48(53)68)17-15-16-26-54-41(60)23-20-39(50(71)72)58-44(63)25-22-40(51(73)74)59-46(65)36-78-34-32-76-30-28-56-45(64)35-77-33-31-75-29-27-55-42(61)24-21-38(49(69)70)57-43(62)18-13-11-9-7-5-3-1-2-4-6-8-10-12-14-19-47(66)67/h37-40H,1-36,52H2,(H2,53,68)(H,54,60)(H,55,61)(H,56,64)(H,57,62)(H,58,63)(H,59,65)(H,66,67)(H,69,70)(H,71,72)(H,73,74). The molecule has 4 unspecified atom stereocenters. The summed E-state index contributed by atoms with van der Waals surface area (Å²) in [5, 5.41) is 52.0. The number of carboxylic acid groups (broad SMARTS) is 4. The fourth-order valence-electron chi connectivity index (χ4n) is 7.43. The summed E-state index contributed by atoms with van der Waals surface area (Å²) < 4.78 is 21.2. The van der Waals surface area contributed by atoms with E-state index < -0.39 is 96.5 Å². The second-order valence-electron chi connectivity index (χ2n) is 18.7. The number of hydrogen-bond donors (Lipinski definition) is 12. The number of carbonyl (C=O) groups is 11. The van der Waals surface area contributed by atoms with Gasteiger partial charge in [0.05, 0.1) is 45.7 Å². The summed E-state index contributed by atoms with van der Waals surface area (Å²) >= 11 is 0. The van der Waals surface area contributed by atoms with Crippen LogP contribution in [0, 0.1) is 0 Å². The van der Waals surface area contributed by atoms with Crippen molar-refractivity contribution in [1.29, 1.82) is 0 Å². The summed E-state index contributed by atoms with van der Waals surface area (Å²) in [7, 11) is 0. The third-order valence-electron chi connectivity index (χ3n) is 11.9. The molecule has 0 aromatic heterocycles. The van der Waals surface area contributed by atoms with Crippen LogP contribution in [0.25, 0.3) is 0 Å². The van der Waals surface area contributed by atoms with Gasteiger partial charge in [-0.05, 0) is 51.4 Å². The Hall–Kier alpha value is -6.03. The van der Waals surface area contributed by atoms with Crippen LogP contribution < -0.4 is 43.4 Å².